The predicted molar refractivity (Wildman–Crippen MR) is 249 cm³/mol. The van der Waals surface area contributed by atoms with Gasteiger partial charge in [-0.2, -0.15) is 10.2 Å². The van der Waals surface area contributed by atoms with E-state index in [-0.39, 0.29) is 40.6 Å². The highest BCUT2D eigenvalue weighted by Gasteiger charge is 2.36. The van der Waals surface area contributed by atoms with Crippen molar-refractivity contribution >= 4 is 126 Å². The van der Waals surface area contributed by atoms with Gasteiger partial charge < -0.3 is 20.0 Å². The van der Waals surface area contributed by atoms with Gasteiger partial charge in [0.05, 0.1) is 69.5 Å². The first-order valence-electron chi connectivity index (χ1n) is 19.0. The number of nitrogens with one attached hydrogen (secondary N) is 1. The van der Waals surface area contributed by atoms with Crippen molar-refractivity contribution in [3.05, 3.63) is 135 Å². The van der Waals surface area contributed by atoms with Crippen LogP contribution in [0.4, 0.5) is 0 Å². The van der Waals surface area contributed by atoms with Crippen LogP contribution >= 0.6 is 102 Å². The smallest absolute Gasteiger partial charge is 0.272 e. The highest BCUT2D eigenvalue weighted by molar-refractivity contribution is 9.08. The molecule has 0 atom stereocenters. The van der Waals surface area contributed by atoms with Crippen LogP contribution in [0.3, 0.4) is 0 Å². The lowest BCUT2D eigenvalue weighted by molar-refractivity contribution is 0.0670. The van der Waals surface area contributed by atoms with Gasteiger partial charge in [0.1, 0.15) is 21.4 Å². The third-order valence-electron chi connectivity index (χ3n) is 10.4. The van der Waals surface area contributed by atoms with Crippen LogP contribution in [-0.4, -0.2) is 94.0 Å². The van der Waals surface area contributed by atoms with E-state index in [0.717, 1.165) is 37.9 Å². The summed E-state index contributed by atoms with van der Waals surface area (Å²) in [4.78, 5) is 64.7. The van der Waals surface area contributed by atoms with Crippen molar-refractivity contribution in [1.82, 2.24) is 49.5 Å². The second-order valence-corrected chi connectivity index (χ2v) is 18.3. The molecule has 0 fully saturated rings. The van der Waals surface area contributed by atoms with Gasteiger partial charge in [-0.05, 0) is 36.4 Å². The molecule has 4 aromatic heterocycles. The topological polar surface area (TPSA) is 151 Å². The molecule has 1 N–H and O–H groups in total. The van der Waals surface area contributed by atoms with Crippen LogP contribution in [0.25, 0.3) is 0 Å². The number of rotatable bonds is 5. The Kier molecular flexibility index (Phi) is 15.1. The monoisotopic (exact) mass is 1080 g/mol. The number of aromatic nitrogens is 6. The number of hydrogen-bond acceptors (Lipinski definition) is 10. The molecule has 324 valence electrons. The van der Waals surface area contributed by atoms with Gasteiger partial charge in [-0.25, -0.2) is 9.97 Å². The molecule has 10 rings (SSSR count). The van der Waals surface area contributed by atoms with Crippen molar-refractivity contribution in [2.75, 3.05) is 26.2 Å². The molecule has 62 heavy (non-hydrogen) atoms. The minimum Gasteiger partial charge on any atom is -0.349 e. The Morgan fingerprint density at radius 3 is 1.73 bits per heavy atom. The Morgan fingerprint density at radius 2 is 1.23 bits per heavy atom. The first kappa shape index (κ1) is 46.1. The lowest BCUT2D eigenvalue weighted by atomic mass is 10.0. The fraction of sp³-hybridized carbons (Fsp3) is 0.300. The van der Waals surface area contributed by atoms with Gasteiger partial charge in [0.15, 0.2) is 0 Å². The summed E-state index contributed by atoms with van der Waals surface area (Å²) in [5.74, 6) is -0.453. The van der Waals surface area contributed by atoms with Crippen LogP contribution in [0.5, 0.6) is 0 Å². The van der Waals surface area contributed by atoms with Crippen molar-refractivity contribution < 1.29 is 19.2 Å². The number of benzene rings is 2. The summed E-state index contributed by atoms with van der Waals surface area (Å²) >= 11 is 30.4. The quantitative estimate of drug-likeness (QED) is 0.170. The number of carbonyl (C=O) groups excluding carboxylic acids is 4. The van der Waals surface area contributed by atoms with Crippen LogP contribution in [0.1, 0.15) is 74.2 Å². The molecule has 4 amide bonds. The Labute approximate surface area is 403 Å². The lowest BCUT2D eigenvalue weighted by Gasteiger charge is -2.30. The maximum atomic E-state index is 13.2. The average Bonchev–Trinajstić information content (AvgIpc) is 4.10. The number of halogens is 6. The molecule has 8 heterocycles. The summed E-state index contributed by atoms with van der Waals surface area (Å²) in [5, 5.41) is 20.3. The average molecular weight is 1090 g/mol. The van der Waals surface area contributed by atoms with Crippen LogP contribution < -0.4 is 5.32 Å². The molecule has 0 saturated carbocycles. The van der Waals surface area contributed by atoms with Crippen LogP contribution in [0, 0.1) is 0 Å². The van der Waals surface area contributed by atoms with Gasteiger partial charge in [-0.1, -0.05) is 62.3 Å². The first-order valence-corrected chi connectivity index (χ1v) is 23.4. The van der Waals surface area contributed by atoms with Gasteiger partial charge in [-0.3, -0.25) is 28.5 Å². The van der Waals surface area contributed by atoms with Gasteiger partial charge in [-0.15, -0.1) is 39.7 Å². The zero-order valence-electron chi connectivity index (χ0n) is 32.5. The molecule has 2 aromatic carbocycles. The van der Waals surface area contributed by atoms with Crippen molar-refractivity contribution in [3.63, 3.8) is 0 Å². The van der Waals surface area contributed by atoms with Crippen molar-refractivity contribution in [3.8, 4) is 0 Å². The van der Waals surface area contributed by atoms with Gasteiger partial charge in [0.25, 0.3) is 23.6 Å². The molecule has 22 heteroatoms. The van der Waals surface area contributed by atoms with E-state index in [1.807, 2.05) is 10.8 Å². The minimum absolute atomic E-state index is 0. The van der Waals surface area contributed by atoms with E-state index in [4.69, 9.17) is 46.4 Å². The number of carbonyl (C=O) groups is 4. The molecule has 0 aliphatic carbocycles. The number of alkyl halides is 1. The standard InChI is InChI=1S/C20H17Cl2N5O2S.C16H14Cl2N4O2.C4H4BrNS.BrH/c21-14-2-1-12(9-15(14)22)19(28)25-5-3-16-13(10-25)18-20(29)26(6-7-27(18)24-16)11-17-23-4-8-30-17;17-11-2-1-9(7-12(11)18)16(24)21-5-3-13-10(8-21)14-15(23)19-4-6-22(14)20-13;5-3-4-6-1-2-7-4;/h1-2,4,8-9H,3,5-7,10-11H2;1-2,7H,3-6,8H2,(H,19,23);1-2H,3H2;1H. The van der Waals surface area contributed by atoms with Gasteiger partial charge in [0, 0.05) is 84.4 Å². The van der Waals surface area contributed by atoms with Crippen molar-refractivity contribution in [2.24, 2.45) is 0 Å². The maximum Gasteiger partial charge on any atom is 0.272 e. The second-order valence-electron chi connectivity index (χ2n) is 14.2. The fourth-order valence-electron chi connectivity index (χ4n) is 7.43. The van der Waals surface area contributed by atoms with Crippen LogP contribution in [0.15, 0.2) is 59.6 Å². The van der Waals surface area contributed by atoms with E-state index in [2.05, 4.69) is 41.4 Å². The minimum atomic E-state index is -0.137. The molecule has 0 bridgehead atoms. The summed E-state index contributed by atoms with van der Waals surface area (Å²) in [6.45, 7) is 4.79. The largest absolute Gasteiger partial charge is 0.349 e. The molecule has 0 saturated heterocycles. The normalized spacial score (nSPS) is 15.1. The number of fused-ring (bicyclic) bond motifs is 6. The summed E-state index contributed by atoms with van der Waals surface area (Å²) in [7, 11) is 0. The van der Waals surface area contributed by atoms with E-state index in [9.17, 15) is 19.2 Å². The summed E-state index contributed by atoms with van der Waals surface area (Å²) in [6.07, 6.45) is 4.80. The van der Waals surface area contributed by atoms with E-state index in [1.165, 1.54) is 11.3 Å². The van der Waals surface area contributed by atoms with E-state index >= 15 is 0 Å². The highest BCUT2D eigenvalue weighted by atomic mass is 79.9. The third-order valence-corrected chi connectivity index (χ3v) is 14.3. The predicted octanol–water partition coefficient (Wildman–Crippen LogP) is 8.25. The van der Waals surface area contributed by atoms with E-state index in [0.29, 0.717) is 114 Å². The Morgan fingerprint density at radius 1 is 0.694 bits per heavy atom. The van der Waals surface area contributed by atoms with Crippen molar-refractivity contribution in [2.45, 2.75) is 50.9 Å². The number of thiazole rings is 2. The van der Waals surface area contributed by atoms with Gasteiger partial charge >= 0.3 is 0 Å². The zero-order chi connectivity index (χ0) is 42.8. The first-order chi connectivity index (χ1) is 29.5. The summed E-state index contributed by atoms with van der Waals surface area (Å²) in [6, 6.07) is 9.71. The Bertz CT molecular complexity index is 2630. The number of amides is 4. The number of hydrogen-bond donors (Lipinski definition) is 1. The molecular weight excluding hydrogens is 1050 g/mol. The molecule has 4 aliphatic heterocycles. The molecule has 0 unspecified atom stereocenters. The zero-order valence-corrected chi connectivity index (χ0v) is 40.5. The molecule has 6 aromatic rings. The summed E-state index contributed by atoms with van der Waals surface area (Å²) < 4.78 is 3.54. The van der Waals surface area contributed by atoms with Gasteiger partial charge in [0.2, 0.25) is 0 Å². The molecule has 0 radical (unpaired) electrons. The SMILES string of the molecule is Br.BrCc1nccs1.O=C(c1ccc(Cl)c(Cl)c1)N1CCc2nn3c(c2C1)C(=O)N(Cc1nccs1)CC3.O=C1NCCn2nc3c(c21)CN(C(=O)c1ccc(Cl)c(Cl)c1)CC3. The Balaban J connectivity index is 0.000000162. The lowest BCUT2D eigenvalue weighted by Crippen LogP contribution is -2.41. The van der Waals surface area contributed by atoms with Crippen molar-refractivity contribution in [1.29, 1.82) is 0 Å². The molecular formula is C40H36Br2Cl4N10O4S2. The molecule has 14 nitrogen and oxygen atoms in total. The fourth-order valence-corrected chi connectivity index (χ4v) is 9.66. The maximum absolute atomic E-state index is 13.2. The van der Waals surface area contributed by atoms with Crippen LogP contribution in [-0.2, 0) is 50.9 Å². The Hall–Kier alpha value is -3.88. The third kappa shape index (κ3) is 9.92. The van der Waals surface area contributed by atoms with Crippen LogP contribution in [0.2, 0.25) is 20.1 Å². The second kappa shape index (κ2) is 20.3. The summed E-state index contributed by atoms with van der Waals surface area (Å²) in [5.41, 5.74) is 5.59. The molecule has 0 spiro atoms. The molecule has 4 aliphatic rings. The van der Waals surface area contributed by atoms with E-state index in [1.54, 1.807) is 84.2 Å². The number of nitrogens with zero attached hydrogens (tertiary/aromatic N) is 9. The van der Waals surface area contributed by atoms with E-state index < -0.39 is 0 Å². The highest BCUT2D eigenvalue weighted by Crippen LogP contribution is 2.30.